The summed E-state index contributed by atoms with van der Waals surface area (Å²) < 4.78 is 41.2. The van der Waals surface area contributed by atoms with Crippen molar-refractivity contribution >= 4 is 6.09 Å². The van der Waals surface area contributed by atoms with Crippen LogP contribution in [-0.4, -0.2) is 36.5 Å². The third-order valence-corrected chi connectivity index (χ3v) is 2.74. The van der Waals surface area contributed by atoms with E-state index < -0.39 is 24.4 Å². The molecule has 1 aliphatic rings. The van der Waals surface area contributed by atoms with Crippen LogP contribution in [-0.2, 0) is 4.74 Å². The van der Waals surface area contributed by atoms with Crippen molar-refractivity contribution in [2.24, 2.45) is 0 Å². The number of alkyl carbamates (subject to hydrolysis) is 1. The Morgan fingerprint density at radius 3 is 2.32 bits per heavy atom. The van der Waals surface area contributed by atoms with Crippen molar-refractivity contribution in [1.82, 2.24) is 10.6 Å². The first-order valence-electron chi connectivity index (χ1n) is 6.35. The summed E-state index contributed by atoms with van der Waals surface area (Å²) in [5, 5.41) is 5.14. The highest BCUT2D eigenvalue weighted by Crippen LogP contribution is 2.21. The van der Waals surface area contributed by atoms with E-state index in [-0.39, 0.29) is 12.1 Å². The zero-order valence-electron chi connectivity index (χ0n) is 11.4. The van der Waals surface area contributed by atoms with Crippen LogP contribution in [0, 0.1) is 0 Å². The van der Waals surface area contributed by atoms with E-state index in [2.05, 4.69) is 10.6 Å². The van der Waals surface area contributed by atoms with Crippen LogP contribution in [0.1, 0.15) is 40.0 Å². The molecule has 0 saturated heterocycles. The zero-order valence-corrected chi connectivity index (χ0v) is 11.4. The molecule has 0 aromatic carbocycles. The van der Waals surface area contributed by atoms with Gasteiger partial charge in [-0.05, 0) is 40.0 Å². The Hall–Kier alpha value is -0.980. The van der Waals surface area contributed by atoms with Crippen molar-refractivity contribution in [1.29, 1.82) is 0 Å². The van der Waals surface area contributed by atoms with Gasteiger partial charge in [-0.3, -0.25) is 0 Å². The van der Waals surface area contributed by atoms with Crippen LogP contribution in [0.15, 0.2) is 0 Å². The molecule has 0 bridgehead atoms. The molecule has 0 aromatic heterocycles. The molecule has 0 radical (unpaired) electrons. The third kappa shape index (κ3) is 7.25. The van der Waals surface area contributed by atoms with Crippen molar-refractivity contribution in [3.8, 4) is 0 Å². The molecule has 1 fully saturated rings. The maximum atomic E-state index is 12.0. The number of carbonyl (C=O) groups is 1. The predicted octanol–water partition coefficient (Wildman–Crippen LogP) is 2.58. The van der Waals surface area contributed by atoms with E-state index in [1.807, 2.05) is 0 Å². The Labute approximate surface area is 111 Å². The Bertz CT molecular complexity index is 313. The Kier molecular flexibility index (Phi) is 5.06. The number of hydrogen-bond donors (Lipinski definition) is 2. The number of nitrogens with one attached hydrogen (secondary N) is 2. The Balaban J connectivity index is 2.27. The summed E-state index contributed by atoms with van der Waals surface area (Å²) >= 11 is 0. The SMILES string of the molecule is CC(C)(C)OC(=O)N[C@@H]1CC[C@@H](NCC(F)(F)F)C1. The second-order valence-electron chi connectivity index (χ2n) is 5.85. The number of alkyl halides is 3. The Morgan fingerprint density at radius 2 is 1.79 bits per heavy atom. The lowest BCUT2D eigenvalue weighted by atomic mass is 10.2. The van der Waals surface area contributed by atoms with Crippen LogP contribution < -0.4 is 10.6 Å². The monoisotopic (exact) mass is 282 g/mol. The highest BCUT2D eigenvalue weighted by Gasteiger charge is 2.32. The van der Waals surface area contributed by atoms with Crippen LogP contribution in [0.2, 0.25) is 0 Å². The summed E-state index contributed by atoms with van der Waals surface area (Å²) in [4.78, 5) is 11.5. The van der Waals surface area contributed by atoms with Crippen LogP contribution >= 0.6 is 0 Å². The molecule has 1 amide bonds. The van der Waals surface area contributed by atoms with Crippen molar-refractivity contribution in [3.05, 3.63) is 0 Å². The van der Waals surface area contributed by atoms with E-state index in [9.17, 15) is 18.0 Å². The summed E-state index contributed by atoms with van der Waals surface area (Å²) in [5.41, 5.74) is -0.573. The lowest BCUT2D eigenvalue weighted by molar-refractivity contribution is -0.126. The normalized spacial score (nSPS) is 24.3. The minimum Gasteiger partial charge on any atom is -0.444 e. The number of ether oxygens (including phenoxy) is 1. The quantitative estimate of drug-likeness (QED) is 0.836. The molecule has 0 spiro atoms. The summed E-state index contributed by atoms with van der Waals surface area (Å²) in [6, 6.07) is -0.331. The molecule has 0 unspecified atom stereocenters. The number of halogens is 3. The van der Waals surface area contributed by atoms with Gasteiger partial charge in [-0.1, -0.05) is 0 Å². The van der Waals surface area contributed by atoms with Gasteiger partial charge in [0.25, 0.3) is 0 Å². The molecule has 0 aliphatic heterocycles. The molecule has 4 nitrogen and oxygen atoms in total. The molecule has 2 atom stereocenters. The second kappa shape index (κ2) is 5.98. The first-order valence-corrected chi connectivity index (χ1v) is 6.35. The van der Waals surface area contributed by atoms with Crippen LogP contribution in [0.25, 0.3) is 0 Å². The van der Waals surface area contributed by atoms with Crippen LogP contribution in [0.4, 0.5) is 18.0 Å². The van der Waals surface area contributed by atoms with Gasteiger partial charge in [-0.25, -0.2) is 4.79 Å². The van der Waals surface area contributed by atoms with E-state index in [4.69, 9.17) is 4.74 Å². The van der Waals surface area contributed by atoms with E-state index in [1.54, 1.807) is 20.8 Å². The van der Waals surface area contributed by atoms with E-state index in [1.165, 1.54) is 0 Å². The average Bonchev–Trinajstić information content (AvgIpc) is 2.58. The number of rotatable bonds is 3. The molecule has 7 heteroatoms. The fourth-order valence-corrected chi connectivity index (χ4v) is 2.03. The third-order valence-electron chi connectivity index (χ3n) is 2.74. The van der Waals surface area contributed by atoms with Gasteiger partial charge < -0.3 is 15.4 Å². The smallest absolute Gasteiger partial charge is 0.407 e. The molecule has 0 aromatic rings. The maximum Gasteiger partial charge on any atom is 0.407 e. The molecular formula is C12H21F3N2O2. The first-order chi connectivity index (χ1) is 8.55. The van der Waals surface area contributed by atoms with E-state index >= 15 is 0 Å². The summed E-state index contributed by atoms with van der Waals surface area (Å²) in [5.74, 6) is 0. The molecule has 1 rings (SSSR count). The standard InChI is InChI=1S/C12H21F3N2O2/c1-11(2,3)19-10(18)17-9-5-4-8(6-9)16-7-12(13,14)15/h8-9,16H,4-7H2,1-3H3,(H,17,18)/t8-,9-/m1/s1. The highest BCUT2D eigenvalue weighted by molar-refractivity contribution is 5.68. The van der Waals surface area contributed by atoms with Gasteiger partial charge in [-0.2, -0.15) is 13.2 Å². The topological polar surface area (TPSA) is 50.4 Å². The van der Waals surface area contributed by atoms with Crippen molar-refractivity contribution in [2.45, 2.75) is 63.9 Å². The minimum absolute atomic E-state index is 0.124. The number of amides is 1. The molecule has 1 aliphatic carbocycles. The van der Waals surface area contributed by atoms with E-state index in [0.29, 0.717) is 19.3 Å². The zero-order chi connectivity index (χ0) is 14.7. The van der Waals surface area contributed by atoms with Crippen molar-refractivity contribution < 1.29 is 22.7 Å². The largest absolute Gasteiger partial charge is 0.444 e. The molecule has 1 saturated carbocycles. The average molecular weight is 282 g/mol. The number of carbonyl (C=O) groups excluding carboxylic acids is 1. The van der Waals surface area contributed by atoms with Crippen LogP contribution in [0.5, 0.6) is 0 Å². The second-order valence-corrected chi connectivity index (χ2v) is 5.85. The summed E-state index contributed by atoms with van der Waals surface area (Å²) in [6.07, 6.45) is -2.94. The fourth-order valence-electron chi connectivity index (χ4n) is 2.03. The van der Waals surface area contributed by atoms with Gasteiger partial charge in [0.05, 0.1) is 6.54 Å². The molecule has 112 valence electrons. The van der Waals surface area contributed by atoms with Gasteiger partial charge in [0.1, 0.15) is 5.60 Å². The minimum atomic E-state index is -4.20. The fraction of sp³-hybridized carbons (Fsp3) is 0.917. The van der Waals surface area contributed by atoms with Crippen molar-refractivity contribution in [2.75, 3.05) is 6.54 Å². The van der Waals surface area contributed by atoms with Gasteiger partial charge in [0, 0.05) is 12.1 Å². The Morgan fingerprint density at radius 1 is 1.21 bits per heavy atom. The highest BCUT2D eigenvalue weighted by atomic mass is 19.4. The van der Waals surface area contributed by atoms with Crippen molar-refractivity contribution in [3.63, 3.8) is 0 Å². The number of hydrogen-bond acceptors (Lipinski definition) is 3. The van der Waals surface area contributed by atoms with E-state index in [0.717, 1.165) is 0 Å². The summed E-state index contributed by atoms with van der Waals surface area (Å²) in [7, 11) is 0. The van der Waals surface area contributed by atoms with Gasteiger partial charge in [-0.15, -0.1) is 0 Å². The van der Waals surface area contributed by atoms with Crippen LogP contribution in [0.3, 0.4) is 0 Å². The van der Waals surface area contributed by atoms with Gasteiger partial charge >= 0.3 is 12.3 Å². The molecule has 19 heavy (non-hydrogen) atoms. The predicted molar refractivity (Wildman–Crippen MR) is 64.9 cm³/mol. The summed E-state index contributed by atoms with van der Waals surface area (Å²) in [6.45, 7) is 4.29. The lowest BCUT2D eigenvalue weighted by Gasteiger charge is -2.22. The lowest BCUT2D eigenvalue weighted by Crippen LogP contribution is -2.40. The van der Waals surface area contributed by atoms with Gasteiger partial charge in [0.2, 0.25) is 0 Å². The molecule has 2 N–H and O–H groups in total. The molecule has 0 heterocycles. The maximum absolute atomic E-state index is 12.0. The van der Waals surface area contributed by atoms with Gasteiger partial charge in [0.15, 0.2) is 0 Å². The molecular weight excluding hydrogens is 261 g/mol. The first kappa shape index (κ1) is 16.1.